The standard InChI is InChI=1S/C20H28N4O4S/c1-5-18-21-19(28-22-18)13-23(4)20(25)16-7-6-8-17(10-16)29(26,27)24-11-14(2)9-15(3)12-24/h6-8,10,14-15H,5,9,11-13H2,1-4H3. The molecule has 2 heterocycles. The van der Waals surface area contributed by atoms with Crippen molar-refractivity contribution in [2.24, 2.45) is 11.8 Å². The molecule has 0 spiro atoms. The Balaban J connectivity index is 1.78. The number of amides is 1. The van der Waals surface area contributed by atoms with Gasteiger partial charge in [-0.3, -0.25) is 4.79 Å². The second kappa shape index (κ2) is 8.62. The highest BCUT2D eigenvalue weighted by molar-refractivity contribution is 7.89. The number of piperidine rings is 1. The Morgan fingerprint density at radius 2 is 1.97 bits per heavy atom. The van der Waals surface area contributed by atoms with Crippen LogP contribution in [0, 0.1) is 11.8 Å². The van der Waals surface area contributed by atoms with Crippen LogP contribution in [0.4, 0.5) is 0 Å². The molecule has 29 heavy (non-hydrogen) atoms. The fraction of sp³-hybridized carbons (Fsp3) is 0.550. The van der Waals surface area contributed by atoms with Crippen LogP contribution in [0.25, 0.3) is 0 Å². The Bertz CT molecular complexity index is 962. The summed E-state index contributed by atoms with van der Waals surface area (Å²) in [6, 6.07) is 6.21. The van der Waals surface area contributed by atoms with Crippen LogP contribution in [0.15, 0.2) is 33.7 Å². The molecule has 0 N–H and O–H groups in total. The van der Waals surface area contributed by atoms with Gasteiger partial charge < -0.3 is 9.42 Å². The van der Waals surface area contributed by atoms with Gasteiger partial charge >= 0.3 is 0 Å². The van der Waals surface area contributed by atoms with E-state index in [1.807, 2.05) is 6.92 Å². The summed E-state index contributed by atoms with van der Waals surface area (Å²) in [5, 5.41) is 3.82. The van der Waals surface area contributed by atoms with E-state index in [-0.39, 0.29) is 17.3 Å². The maximum atomic E-state index is 13.1. The molecule has 1 aliphatic heterocycles. The minimum absolute atomic E-state index is 0.143. The van der Waals surface area contributed by atoms with Crippen molar-refractivity contribution in [2.75, 3.05) is 20.1 Å². The van der Waals surface area contributed by atoms with Gasteiger partial charge in [-0.2, -0.15) is 9.29 Å². The lowest BCUT2D eigenvalue weighted by atomic mass is 9.94. The van der Waals surface area contributed by atoms with Crippen molar-refractivity contribution < 1.29 is 17.7 Å². The van der Waals surface area contributed by atoms with Gasteiger partial charge in [0.2, 0.25) is 15.9 Å². The number of nitrogens with zero attached hydrogens (tertiary/aromatic N) is 4. The third-order valence-corrected chi connectivity index (χ3v) is 6.93. The van der Waals surface area contributed by atoms with Gasteiger partial charge in [0.1, 0.15) is 0 Å². The van der Waals surface area contributed by atoms with E-state index in [0.29, 0.717) is 48.6 Å². The molecule has 1 aromatic heterocycles. The monoisotopic (exact) mass is 420 g/mol. The van der Waals surface area contributed by atoms with Gasteiger partial charge in [0, 0.05) is 32.1 Å². The first kappa shape index (κ1) is 21.4. The highest BCUT2D eigenvalue weighted by Crippen LogP contribution is 2.27. The summed E-state index contributed by atoms with van der Waals surface area (Å²) in [4.78, 5) is 18.6. The number of carbonyl (C=O) groups excluding carboxylic acids is 1. The zero-order chi connectivity index (χ0) is 21.2. The summed E-state index contributed by atoms with van der Waals surface area (Å²) in [6.45, 7) is 7.20. The molecule has 1 aromatic carbocycles. The smallest absolute Gasteiger partial charge is 0.254 e. The van der Waals surface area contributed by atoms with E-state index in [9.17, 15) is 13.2 Å². The first-order chi connectivity index (χ1) is 13.7. The van der Waals surface area contributed by atoms with Gasteiger partial charge in [-0.05, 0) is 36.5 Å². The molecule has 1 fully saturated rings. The number of hydrogen-bond donors (Lipinski definition) is 0. The molecule has 158 valence electrons. The average molecular weight is 421 g/mol. The highest BCUT2D eigenvalue weighted by atomic mass is 32.2. The second-order valence-electron chi connectivity index (χ2n) is 7.92. The Hall–Kier alpha value is -2.26. The predicted octanol–water partition coefficient (Wildman–Crippen LogP) is 2.57. The summed E-state index contributed by atoms with van der Waals surface area (Å²) in [7, 11) is -2.03. The normalized spacial score (nSPS) is 20.6. The lowest BCUT2D eigenvalue weighted by Crippen LogP contribution is -2.42. The van der Waals surface area contributed by atoms with E-state index in [1.165, 1.54) is 15.3 Å². The molecular weight excluding hydrogens is 392 g/mol. The second-order valence-corrected chi connectivity index (χ2v) is 9.85. The molecule has 0 bridgehead atoms. The van der Waals surface area contributed by atoms with Crippen molar-refractivity contribution in [3.8, 4) is 0 Å². The van der Waals surface area contributed by atoms with Crippen LogP contribution in [-0.2, 0) is 23.0 Å². The minimum atomic E-state index is -3.65. The first-order valence-electron chi connectivity index (χ1n) is 9.87. The van der Waals surface area contributed by atoms with Crippen molar-refractivity contribution in [3.05, 3.63) is 41.5 Å². The number of sulfonamides is 1. The van der Waals surface area contributed by atoms with Crippen LogP contribution < -0.4 is 0 Å². The van der Waals surface area contributed by atoms with Gasteiger partial charge in [0.05, 0.1) is 11.4 Å². The number of hydrogen-bond acceptors (Lipinski definition) is 6. The zero-order valence-corrected chi connectivity index (χ0v) is 18.1. The van der Waals surface area contributed by atoms with Gasteiger partial charge in [-0.15, -0.1) is 0 Å². The predicted molar refractivity (Wildman–Crippen MR) is 108 cm³/mol. The van der Waals surface area contributed by atoms with E-state index in [4.69, 9.17) is 4.52 Å². The fourth-order valence-electron chi connectivity index (χ4n) is 3.73. The first-order valence-corrected chi connectivity index (χ1v) is 11.3. The lowest BCUT2D eigenvalue weighted by molar-refractivity contribution is 0.0769. The number of carbonyl (C=O) groups is 1. The molecule has 3 rings (SSSR count). The molecule has 8 nitrogen and oxygen atoms in total. The summed E-state index contributed by atoms with van der Waals surface area (Å²) < 4.78 is 32.9. The third-order valence-electron chi connectivity index (χ3n) is 5.10. The molecule has 0 radical (unpaired) electrons. The highest BCUT2D eigenvalue weighted by Gasteiger charge is 2.32. The largest absolute Gasteiger partial charge is 0.337 e. The lowest BCUT2D eigenvalue weighted by Gasteiger charge is -2.34. The number of benzene rings is 1. The number of rotatable bonds is 6. The van der Waals surface area contributed by atoms with Crippen LogP contribution >= 0.6 is 0 Å². The minimum Gasteiger partial charge on any atom is -0.337 e. The topological polar surface area (TPSA) is 96.6 Å². The molecule has 1 saturated heterocycles. The van der Waals surface area contributed by atoms with Crippen LogP contribution in [0.3, 0.4) is 0 Å². The van der Waals surface area contributed by atoms with Gasteiger partial charge in [0.15, 0.2) is 5.82 Å². The fourth-order valence-corrected chi connectivity index (χ4v) is 5.46. The molecule has 0 aliphatic carbocycles. The van der Waals surface area contributed by atoms with Crippen molar-refractivity contribution >= 4 is 15.9 Å². The maximum Gasteiger partial charge on any atom is 0.254 e. The van der Waals surface area contributed by atoms with E-state index >= 15 is 0 Å². The third kappa shape index (κ3) is 4.84. The molecule has 1 aliphatic rings. The molecule has 2 atom stereocenters. The number of aryl methyl sites for hydroxylation is 1. The van der Waals surface area contributed by atoms with E-state index < -0.39 is 10.0 Å². The Kier molecular flexibility index (Phi) is 6.38. The molecule has 0 saturated carbocycles. The van der Waals surface area contributed by atoms with Crippen LogP contribution in [0.5, 0.6) is 0 Å². The Morgan fingerprint density at radius 1 is 1.28 bits per heavy atom. The molecule has 1 amide bonds. The van der Waals surface area contributed by atoms with Crippen LogP contribution in [0.2, 0.25) is 0 Å². The van der Waals surface area contributed by atoms with Gasteiger partial charge in [-0.25, -0.2) is 8.42 Å². The maximum absolute atomic E-state index is 13.1. The summed E-state index contributed by atoms with van der Waals surface area (Å²) >= 11 is 0. The van der Waals surface area contributed by atoms with Crippen molar-refractivity contribution in [1.29, 1.82) is 0 Å². The van der Waals surface area contributed by atoms with Gasteiger partial charge in [0.25, 0.3) is 5.91 Å². The zero-order valence-electron chi connectivity index (χ0n) is 17.3. The number of aromatic nitrogens is 2. The SMILES string of the molecule is CCc1noc(CN(C)C(=O)c2cccc(S(=O)(=O)N3CC(C)CC(C)C3)c2)n1. The Morgan fingerprint density at radius 3 is 2.59 bits per heavy atom. The molecular formula is C20H28N4O4S. The van der Waals surface area contributed by atoms with E-state index in [1.54, 1.807) is 25.2 Å². The Labute approximate surface area is 171 Å². The van der Waals surface area contributed by atoms with Gasteiger partial charge in [-0.1, -0.05) is 32.0 Å². The summed E-state index contributed by atoms with van der Waals surface area (Å²) in [6.07, 6.45) is 1.67. The summed E-state index contributed by atoms with van der Waals surface area (Å²) in [5.41, 5.74) is 0.307. The molecule has 2 unspecified atom stereocenters. The van der Waals surface area contributed by atoms with E-state index in [0.717, 1.165) is 6.42 Å². The van der Waals surface area contributed by atoms with Crippen molar-refractivity contribution in [2.45, 2.75) is 45.1 Å². The average Bonchev–Trinajstić information content (AvgIpc) is 3.14. The quantitative estimate of drug-likeness (QED) is 0.713. The van der Waals surface area contributed by atoms with Crippen LogP contribution in [0.1, 0.15) is 49.3 Å². The molecule has 2 aromatic rings. The molecule has 9 heteroatoms. The van der Waals surface area contributed by atoms with Crippen LogP contribution in [-0.4, -0.2) is 53.8 Å². The summed E-state index contributed by atoms with van der Waals surface area (Å²) in [5.74, 6) is 1.24. The van der Waals surface area contributed by atoms with Crippen molar-refractivity contribution in [3.63, 3.8) is 0 Å². The van der Waals surface area contributed by atoms with E-state index in [2.05, 4.69) is 24.0 Å². The van der Waals surface area contributed by atoms with Crippen molar-refractivity contribution in [1.82, 2.24) is 19.3 Å².